The quantitative estimate of drug-likeness (QED) is 0.842. The summed E-state index contributed by atoms with van der Waals surface area (Å²) in [4.78, 5) is 23.0. The van der Waals surface area contributed by atoms with E-state index in [0.29, 0.717) is 28.8 Å². The Morgan fingerprint density at radius 2 is 2.15 bits per heavy atom. The van der Waals surface area contributed by atoms with Crippen molar-refractivity contribution in [1.82, 2.24) is 0 Å². The Morgan fingerprint density at radius 1 is 1.40 bits per heavy atom. The third-order valence-corrected chi connectivity index (χ3v) is 2.61. The molecule has 0 atom stereocenters. The third-order valence-electron chi connectivity index (χ3n) is 2.61. The van der Waals surface area contributed by atoms with Gasteiger partial charge in [0.1, 0.15) is 11.4 Å². The average Bonchev–Trinajstić information content (AvgIpc) is 2.36. The SMILES string of the molecule is CC(C)(C)OC(=O)Nc1ccc2c(c1C=O)COCO2. The number of carbonyl (C=O) groups excluding carboxylic acids is 2. The molecule has 0 saturated heterocycles. The molecule has 20 heavy (non-hydrogen) atoms. The largest absolute Gasteiger partial charge is 0.467 e. The summed E-state index contributed by atoms with van der Waals surface area (Å²) in [6, 6.07) is 3.30. The second kappa shape index (κ2) is 5.50. The van der Waals surface area contributed by atoms with E-state index < -0.39 is 11.7 Å². The third kappa shape index (κ3) is 3.27. The van der Waals surface area contributed by atoms with Crippen LogP contribution in [0.3, 0.4) is 0 Å². The van der Waals surface area contributed by atoms with E-state index >= 15 is 0 Å². The number of fused-ring (bicyclic) bond motifs is 1. The van der Waals surface area contributed by atoms with Crippen molar-refractivity contribution in [3.05, 3.63) is 23.3 Å². The van der Waals surface area contributed by atoms with Crippen LogP contribution in [0.4, 0.5) is 10.5 Å². The van der Waals surface area contributed by atoms with Gasteiger partial charge in [0, 0.05) is 11.1 Å². The lowest BCUT2D eigenvalue weighted by Crippen LogP contribution is -2.27. The molecule has 1 heterocycles. The predicted molar refractivity (Wildman–Crippen MR) is 72.0 cm³/mol. The molecule has 0 aromatic heterocycles. The Morgan fingerprint density at radius 3 is 2.80 bits per heavy atom. The Bertz CT molecular complexity index is 533. The van der Waals surface area contributed by atoms with E-state index in [1.807, 2.05) is 0 Å². The van der Waals surface area contributed by atoms with Gasteiger partial charge in [-0.05, 0) is 32.9 Å². The van der Waals surface area contributed by atoms with Crippen LogP contribution in [0.2, 0.25) is 0 Å². The molecule has 0 bridgehead atoms. The Kier molecular flexibility index (Phi) is 3.94. The second-order valence-electron chi connectivity index (χ2n) is 5.36. The van der Waals surface area contributed by atoms with Gasteiger partial charge in [0.25, 0.3) is 0 Å². The van der Waals surface area contributed by atoms with E-state index in [1.165, 1.54) is 0 Å². The van der Waals surface area contributed by atoms with Gasteiger partial charge in [0.2, 0.25) is 0 Å². The molecule has 0 fully saturated rings. The number of anilines is 1. The van der Waals surface area contributed by atoms with Crippen LogP contribution in [-0.4, -0.2) is 24.8 Å². The van der Waals surface area contributed by atoms with E-state index in [9.17, 15) is 9.59 Å². The first-order valence-corrected chi connectivity index (χ1v) is 6.22. The minimum Gasteiger partial charge on any atom is -0.467 e. The van der Waals surface area contributed by atoms with Gasteiger partial charge < -0.3 is 14.2 Å². The van der Waals surface area contributed by atoms with Gasteiger partial charge in [0.15, 0.2) is 13.1 Å². The fraction of sp³-hybridized carbons (Fsp3) is 0.429. The van der Waals surface area contributed by atoms with Crippen molar-refractivity contribution in [1.29, 1.82) is 0 Å². The maximum atomic E-state index is 11.8. The summed E-state index contributed by atoms with van der Waals surface area (Å²) in [7, 11) is 0. The Hall–Kier alpha value is -2.08. The molecular formula is C14H17NO5. The van der Waals surface area contributed by atoms with E-state index in [1.54, 1.807) is 32.9 Å². The van der Waals surface area contributed by atoms with Crippen LogP contribution in [0.5, 0.6) is 5.75 Å². The topological polar surface area (TPSA) is 73.9 Å². The van der Waals surface area contributed by atoms with Crippen LogP contribution in [0.25, 0.3) is 0 Å². The molecule has 2 rings (SSSR count). The monoisotopic (exact) mass is 279 g/mol. The van der Waals surface area contributed by atoms with Gasteiger partial charge in [-0.1, -0.05) is 0 Å². The highest BCUT2D eigenvalue weighted by Crippen LogP contribution is 2.31. The standard InChI is InChI=1S/C14H17NO5/c1-14(2,3)20-13(17)15-11-4-5-12-10(9(11)6-16)7-18-8-19-12/h4-6H,7-8H2,1-3H3,(H,15,17). The maximum absolute atomic E-state index is 11.8. The van der Waals surface area contributed by atoms with Crippen LogP contribution in [0, 0.1) is 0 Å². The molecule has 0 spiro atoms. The van der Waals surface area contributed by atoms with Gasteiger partial charge in [-0.2, -0.15) is 0 Å². The first-order chi connectivity index (χ1) is 9.40. The molecule has 1 N–H and O–H groups in total. The summed E-state index contributed by atoms with van der Waals surface area (Å²) in [6.07, 6.45) is 0.0574. The van der Waals surface area contributed by atoms with Gasteiger partial charge in [0.05, 0.1) is 12.3 Å². The maximum Gasteiger partial charge on any atom is 0.412 e. The Labute approximate surface area is 117 Å². The zero-order valence-corrected chi connectivity index (χ0v) is 11.7. The summed E-state index contributed by atoms with van der Waals surface area (Å²) >= 11 is 0. The van der Waals surface area contributed by atoms with Crippen LogP contribution in [0.15, 0.2) is 12.1 Å². The van der Waals surface area contributed by atoms with Crippen LogP contribution >= 0.6 is 0 Å². The molecule has 0 aliphatic carbocycles. The lowest BCUT2D eigenvalue weighted by Gasteiger charge is -2.22. The minimum absolute atomic E-state index is 0.157. The number of benzene rings is 1. The predicted octanol–water partition coefficient (Wildman–Crippen LogP) is 2.71. The first-order valence-electron chi connectivity index (χ1n) is 6.22. The zero-order chi connectivity index (χ0) is 14.8. The van der Waals surface area contributed by atoms with Gasteiger partial charge >= 0.3 is 6.09 Å². The van der Waals surface area contributed by atoms with E-state index in [2.05, 4.69) is 5.32 Å². The molecule has 1 aliphatic heterocycles. The summed E-state index contributed by atoms with van der Waals surface area (Å²) < 4.78 is 15.6. The van der Waals surface area contributed by atoms with Crippen molar-refractivity contribution in [2.45, 2.75) is 33.0 Å². The highest BCUT2D eigenvalue weighted by molar-refractivity contribution is 5.95. The number of ether oxygens (including phenoxy) is 3. The molecule has 0 radical (unpaired) electrons. The molecule has 0 saturated carbocycles. The van der Waals surface area contributed by atoms with Gasteiger partial charge in [-0.3, -0.25) is 10.1 Å². The fourth-order valence-corrected chi connectivity index (χ4v) is 1.83. The molecule has 1 amide bonds. The highest BCUT2D eigenvalue weighted by atomic mass is 16.7. The first kappa shape index (κ1) is 14.3. The number of hydrogen-bond donors (Lipinski definition) is 1. The van der Waals surface area contributed by atoms with Crippen LogP contribution in [-0.2, 0) is 16.1 Å². The molecule has 6 nitrogen and oxygen atoms in total. The molecule has 0 unspecified atom stereocenters. The molecule has 1 aromatic rings. The molecular weight excluding hydrogens is 262 g/mol. The van der Waals surface area contributed by atoms with Crippen molar-refractivity contribution in [2.75, 3.05) is 12.1 Å². The minimum atomic E-state index is -0.613. The fourth-order valence-electron chi connectivity index (χ4n) is 1.83. The average molecular weight is 279 g/mol. The summed E-state index contributed by atoms with van der Waals surface area (Å²) in [5.41, 5.74) is 0.737. The van der Waals surface area contributed by atoms with Crippen LogP contribution < -0.4 is 10.1 Å². The van der Waals surface area contributed by atoms with Gasteiger partial charge in [-0.15, -0.1) is 0 Å². The molecule has 1 aromatic carbocycles. The van der Waals surface area contributed by atoms with Gasteiger partial charge in [-0.25, -0.2) is 4.79 Å². The summed E-state index contributed by atoms with van der Waals surface area (Å²) in [5, 5.41) is 2.56. The van der Waals surface area contributed by atoms with E-state index in [-0.39, 0.29) is 13.4 Å². The normalized spacial score (nSPS) is 13.9. The lowest BCUT2D eigenvalue weighted by molar-refractivity contribution is -0.0166. The van der Waals surface area contributed by atoms with Crippen molar-refractivity contribution in [2.24, 2.45) is 0 Å². The Balaban J connectivity index is 2.24. The summed E-state index contributed by atoms with van der Waals surface area (Å²) in [5.74, 6) is 0.591. The number of rotatable bonds is 2. The zero-order valence-electron chi connectivity index (χ0n) is 11.7. The van der Waals surface area contributed by atoms with Crippen molar-refractivity contribution in [3.63, 3.8) is 0 Å². The van der Waals surface area contributed by atoms with Crippen molar-refractivity contribution in [3.8, 4) is 5.75 Å². The molecule has 108 valence electrons. The number of nitrogens with one attached hydrogen (secondary N) is 1. The van der Waals surface area contributed by atoms with Crippen LogP contribution in [0.1, 0.15) is 36.7 Å². The molecule has 6 heteroatoms. The lowest BCUT2D eigenvalue weighted by atomic mass is 10.1. The molecule has 1 aliphatic rings. The summed E-state index contributed by atoms with van der Waals surface area (Å²) in [6.45, 7) is 5.72. The highest BCUT2D eigenvalue weighted by Gasteiger charge is 2.21. The van der Waals surface area contributed by atoms with E-state index in [4.69, 9.17) is 14.2 Å². The van der Waals surface area contributed by atoms with Crippen molar-refractivity contribution < 1.29 is 23.8 Å². The smallest absolute Gasteiger partial charge is 0.412 e. The number of hydrogen-bond acceptors (Lipinski definition) is 5. The number of amides is 1. The second-order valence-corrected chi connectivity index (χ2v) is 5.36. The number of aldehydes is 1. The number of carbonyl (C=O) groups is 2. The van der Waals surface area contributed by atoms with Crippen molar-refractivity contribution >= 4 is 18.1 Å². The van der Waals surface area contributed by atoms with E-state index in [0.717, 1.165) is 0 Å².